The first-order valence-electron chi connectivity index (χ1n) is 5.85. The van der Waals surface area contributed by atoms with Crippen molar-refractivity contribution in [3.8, 4) is 0 Å². The third-order valence-electron chi connectivity index (χ3n) is 2.83. The van der Waals surface area contributed by atoms with E-state index < -0.39 is 0 Å². The van der Waals surface area contributed by atoms with Crippen molar-refractivity contribution in [1.29, 1.82) is 0 Å². The zero-order valence-corrected chi connectivity index (χ0v) is 9.92. The molecule has 1 atom stereocenters. The van der Waals surface area contributed by atoms with Gasteiger partial charge in [0.1, 0.15) is 0 Å². The smallest absolute Gasteiger partial charge is 0.323 e. The van der Waals surface area contributed by atoms with E-state index >= 15 is 0 Å². The maximum atomic E-state index is 11.1. The van der Waals surface area contributed by atoms with Crippen LogP contribution in [0.1, 0.15) is 13.3 Å². The molecule has 2 aromatic rings. The minimum absolute atomic E-state index is 0.173. The highest BCUT2D eigenvalue weighted by Crippen LogP contribution is 2.15. The van der Waals surface area contributed by atoms with Crippen molar-refractivity contribution >= 4 is 16.7 Å². The number of nitrogens with two attached hydrogens (primary N) is 1. The molecule has 1 heterocycles. The highest BCUT2D eigenvalue weighted by Gasteiger charge is 2.02. The topological polar surface area (TPSA) is 86.7 Å². The fraction of sp³-hybridized carbons (Fsp3) is 0.417. The zero-order valence-electron chi connectivity index (χ0n) is 9.92. The van der Waals surface area contributed by atoms with Crippen LogP contribution < -0.4 is 16.7 Å². The Kier molecular flexibility index (Phi) is 3.49. The Morgan fingerprint density at radius 2 is 2.12 bits per heavy atom. The first kappa shape index (κ1) is 11.7. The molecule has 0 saturated heterocycles. The molecule has 0 saturated carbocycles. The monoisotopic (exact) mass is 234 g/mol. The summed E-state index contributed by atoms with van der Waals surface area (Å²) in [5.74, 6) is 0.543. The third-order valence-corrected chi connectivity index (χ3v) is 2.83. The number of fused-ring (bicyclic) bond motifs is 1. The minimum atomic E-state index is -0.173. The maximum absolute atomic E-state index is 11.1. The van der Waals surface area contributed by atoms with Gasteiger partial charge in [-0.05, 0) is 37.1 Å². The second kappa shape index (κ2) is 5.05. The van der Waals surface area contributed by atoms with Crippen LogP contribution >= 0.6 is 0 Å². The molecular weight excluding hydrogens is 216 g/mol. The summed E-state index contributed by atoms with van der Waals surface area (Å²) in [6, 6.07) is 5.78. The van der Waals surface area contributed by atoms with Crippen molar-refractivity contribution < 1.29 is 0 Å². The van der Waals surface area contributed by atoms with Gasteiger partial charge in [0, 0.05) is 12.2 Å². The van der Waals surface area contributed by atoms with E-state index in [-0.39, 0.29) is 5.69 Å². The number of imidazole rings is 1. The van der Waals surface area contributed by atoms with Crippen molar-refractivity contribution in [2.75, 3.05) is 18.4 Å². The van der Waals surface area contributed by atoms with E-state index in [9.17, 15) is 4.79 Å². The molecule has 5 nitrogen and oxygen atoms in total. The Hall–Kier alpha value is -1.75. The predicted octanol–water partition coefficient (Wildman–Crippen LogP) is 1.25. The lowest BCUT2D eigenvalue weighted by molar-refractivity contribution is 0.568. The Bertz CT molecular complexity index is 543. The summed E-state index contributed by atoms with van der Waals surface area (Å²) in [7, 11) is 0. The standard InChI is InChI=1S/C12H18N4O/c1-8(4-5-13)7-14-9-2-3-10-11(6-9)16-12(17)15-10/h2-3,6,8,14H,4-5,7,13H2,1H3,(H2,15,16,17). The molecule has 1 unspecified atom stereocenters. The van der Waals surface area contributed by atoms with Crippen LogP contribution in [0, 0.1) is 5.92 Å². The first-order valence-corrected chi connectivity index (χ1v) is 5.85. The molecule has 92 valence electrons. The molecule has 0 fully saturated rings. The van der Waals surface area contributed by atoms with Gasteiger partial charge < -0.3 is 21.0 Å². The van der Waals surface area contributed by atoms with Crippen LogP contribution in [0.4, 0.5) is 5.69 Å². The van der Waals surface area contributed by atoms with E-state index in [1.165, 1.54) is 0 Å². The molecule has 0 spiro atoms. The molecule has 0 bridgehead atoms. The molecule has 0 aliphatic carbocycles. The Morgan fingerprint density at radius 3 is 2.88 bits per heavy atom. The second-order valence-corrected chi connectivity index (χ2v) is 4.40. The number of anilines is 1. The fourth-order valence-corrected chi connectivity index (χ4v) is 1.82. The number of hydrogen-bond acceptors (Lipinski definition) is 3. The molecule has 1 aromatic carbocycles. The summed E-state index contributed by atoms with van der Waals surface area (Å²) in [6.07, 6.45) is 1.01. The summed E-state index contributed by atoms with van der Waals surface area (Å²) in [4.78, 5) is 16.6. The van der Waals surface area contributed by atoms with E-state index in [4.69, 9.17) is 5.73 Å². The molecule has 0 radical (unpaired) electrons. The van der Waals surface area contributed by atoms with Crippen LogP contribution in [0.2, 0.25) is 0 Å². The van der Waals surface area contributed by atoms with Crippen molar-refractivity contribution in [1.82, 2.24) is 9.97 Å². The molecule has 0 aliphatic heterocycles. The fourth-order valence-electron chi connectivity index (χ4n) is 1.82. The molecule has 0 aliphatic rings. The highest BCUT2D eigenvalue weighted by molar-refractivity contribution is 5.78. The third kappa shape index (κ3) is 2.88. The van der Waals surface area contributed by atoms with Gasteiger partial charge in [-0.3, -0.25) is 0 Å². The van der Waals surface area contributed by atoms with E-state index in [2.05, 4.69) is 22.2 Å². The number of aromatic amines is 2. The van der Waals surface area contributed by atoms with Gasteiger partial charge in [-0.1, -0.05) is 6.92 Å². The molecule has 5 N–H and O–H groups in total. The average molecular weight is 234 g/mol. The number of nitrogens with one attached hydrogen (secondary N) is 3. The summed E-state index contributed by atoms with van der Waals surface area (Å²) in [5, 5.41) is 3.34. The van der Waals surface area contributed by atoms with Crippen LogP contribution in [0.15, 0.2) is 23.0 Å². The van der Waals surface area contributed by atoms with Crippen molar-refractivity contribution in [2.24, 2.45) is 11.7 Å². The quantitative estimate of drug-likeness (QED) is 0.628. The summed E-state index contributed by atoms with van der Waals surface area (Å²) >= 11 is 0. The molecular formula is C12H18N4O. The number of aromatic nitrogens is 2. The van der Waals surface area contributed by atoms with Gasteiger partial charge in [-0.2, -0.15) is 0 Å². The van der Waals surface area contributed by atoms with Gasteiger partial charge in [0.2, 0.25) is 0 Å². The second-order valence-electron chi connectivity index (χ2n) is 4.40. The van der Waals surface area contributed by atoms with Crippen LogP contribution in [0.3, 0.4) is 0 Å². The van der Waals surface area contributed by atoms with Gasteiger partial charge >= 0.3 is 5.69 Å². The number of hydrogen-bond donors (Lipinski definition) is 4. The number of H-pyrrole nitrogens is 2. The molecule has 5 heteroatoms. The minimum Gasteiger partial charge on any atom is -0.385 e. The zero-order chi connectivity index (χ0) is 12.3. The van der Waals surface area contributed by atoms with E-state index in [1.54, 1.807) is 0 Å². The largest absolute Gasteiger partial charge is 0.385 e. The number of rotatable bonds is 5. The Labute approximate surface area is 99.4 Å². The van der Waals surface area contributed by atoms with Gasteiger partial charge in [0.05, 0.1) is 11.0 Å². The highest BCUT2D eigenvalue weighted by atomic mass is 16.1. The van der Waals surface area contributed by atoms with Crippen LogP contribution in [0.5, 0.6) is 0 Å². The summed E-state index contributed by atoms with van der Waals surface area (Å²) in [6.45, 7) is 3.76. The van der Waals surface area contributed by atoms with E-state index in [0.29, 0.717) is 12.5 Å². The number of benzene rings is 1. The van der Waals surface area contributed by atoms with Crippen LogP contribution in [-0.4, -0.2) is 23.1 Å². The van der Waals surface area contributed by atoms with E-state index in [0.717, 1.165) is 29.7 Å². The molecule has 0 amide bonds. The molecule has 2 rings (SSSR count). The summed E-state index contributed by atoms with van der Waals surface area (Å²) in [5.41, 5.74) is 8.00. The van der Waals surface area contributed by atoms with Crippen LogP contribution in [-0.2, 0) is 0 Å². The lowest BCUT2D eigenvalue weighted by Gasteiger charge is -2.12. The maximum Gasteiger partial charge on any atom is 0.323 e. The van der Waals surface area contributed by atoms with Gasteiger partial charge in [0.25, 0.3) is 0 Å². The molecule has 1 aromatic heterocycles. The SMILES string of the molecule is CC(CCN)CNc1ccc2[nH]c(=O)[nH]c2c1. The predicted molar refractivity (Wildman–Crippen MR) is 70.2 cm³/mol. The first-order chi connectivity index (χ1) is 8.19. The van der Waals surface area contributed by atoms with E-state index in [1.807, 2.05) is 18.2 Å². The van der Waals surface area contributed by atoms with Crippen molar-refractivity contribution in [3.05, 3.63) is 28.7 Å². The van der Waals surface area contributed by atoms with Crippen LogP contribution in [0.25, 0.3) is 11.0 Å². The lowest BCUT2D eigenvalue weighted by atomic mass is 10.1. The van der Waals surface area contributed by atoms with Gasteiger partial charge in [-0.15, -0.1) is 0 Å². The molecule has 17 heavy (non-hydrogen) atoms. The van der Waals surface area contributed by atoms with Gasteiger partial charge in [0.15, 0.2) is 0 Å². The Morgan fingerprint density at radius 1 is 1.35 bits per heavy atom. The average Bonchev–Trinajstić information content (AvgIpc) is 2.66. The summed E-state index contributed by atoms with van der Waals surface area (Å²) < 4.78 is 0. The van der Waals surface area contributed by atoms with Gasteiger partial charge in [-0.25, -0.2) is 4.79 Å². The van der Waals surface area contributed by atoms with Crippen molar-refractivity contribution in [3.63, 3.8) is 0 Å². The lowest BCUT2D eigenvalue weighted by Crippen LogP contribution is -2.15. The van der Waals surface area contributed by atoms with Crippen molar-refractivity contribution in [2.45, 2.75) is 13.3 Å². The Balaban J connectivity index is 2.06. The normalized spacial score (nSPS) is 12.8.